The second kappa shape index (κ2) is 5.46. The fraction of sp³-hybridized carbons (Fsp3) is 0.818. The van der Waals surface area contributed by atoms with E-state index in [-0.39, 0.29) is 42.5 Å². The minimum absolute atomic E-state index is 0.0473. The van der Waals surface area contributed by atoms with Gasteiger partial charge in [-0.25, -0.2) is 8.42 Å². The predicted octanol–water partition coefficient (Wildman–Crippen LogP) is -1.89. The Morgan fingerprint density at radius 1 is 1.47 bits per heavy atom. The average Bonchev–Trinajstić information content (AvgIpc) is 2.71. The summed E-state index contributed by atoms with van der Waals surface area (Å²) in [5.41, 5.74) is 0. The lowest BCUT2D eigenvalue weighted by molar-refractivity contribution is -0.136. The lowest BCUT2D eigenvalue weighted by Gasteiger charge is -2.32. The number of piperazine rings is 1. The van der Waals surface area contributed by atoms with Gasteiger partial charge in [0.15, 0.2) is 9.84 Å². The molecule has 2 saturated heterocycles. The summed E-state index contributed by atoms with van der Waals surface area (Å²) in [5.74, 6) is -0.0674. The standard InChI is InChI=1S/C11H19N3O4S/c1-2-14(8-3-4-19(17,18)7-8)11(16)9-5-13-10(15)6-12-9/h8-9,12H,2-7H2,1H3,(H,13,15). The lowest BCUT2D eigenvalue weighted by atomic mass is 10.1. The summed E-state index contributed by atoms with van der Waals surface area (Å²) in [6, 6.07) is -0.692. The Balaban J connectivity index is 2.01. The van der Waals surface area contributed by atoms with Crippen LogP contribution in [-0.2, 0) is 19.4 Å². The fourth-order valence-corrected chi connectivity index (χ4v) is 4.29. The highest BCUT2D eigenvalue weighted by Crippen LogP contribution is 2.18. The van der Waals surface area contributed by atoms with E-state index < -0.39 is 15.9 Å². The highest BCUT2D eigenvalue weighted by Gasteiger charge is 2.36. The van der Waals surface area contributed by atoms with Crippen molar-refractivity contribution in [2.45, 2.75) is 25.4 Å². The van der Waals surface area contributed by atoms with Crippen molar-refractivity contribution in [3.63, 3.8) is 0 Å². The van der Waals surface area contributed by atoms with Crippen molar-refractivity contribution in [3.8, 4) is 0 Å². The van der Waals surface area contributed by atoms with E-state index in [1.807, 2.05) is 6.92 Å². The first kappa shape index (κ1) is 14.3. The van der Waals surface area contributed by atoms with Crippen LogP contribution in [0.25, 0.3) is 0 Å². The number of carbonyl (C=O) groups excluding carboxylic acids is 2. The maximum absolute atomic E-state index is 12.4. The smallest absolute Gasteiger partial charge is 0.241 e. The van der Waals surface area contributed by atoms with Crippen molar-refractivity contribution in [1.29, 1.82) is 0 Å². The number of amides is 2. The molecule has 0 aromatic carbocycles. The zero-order valence-electron chi connectivity index (χ0n) is 10.9. The molecule has 2 heterocycles. The van der Waals surface area contributed by atoms with E-state index in [0.29, 0.717) is 13.0 Å². The molecule has 2 aliphatic rings. The first-order valence-electron chi connectivity index (χ1n) is 6.44. The Morgan fingerprint density at radius 3 is 2.68 bits per heavy atom. The fourth-order valence-electron chi connectivity index (χ4n) is 2.56. The third kappa shape index (κ3) is 3.24. The highest BCUT2D eigenvalue weighted by molar-refractivity contribution is 7.91. The molecule has 2 rings (SSSR count). The van der Waals surface area contributed by atoms with Crippen molar-refractivity contribution in [1.82, 2.24) is 15.5 Å². The second-order valence-electron chi connectivity index (χ2n) is 4.92. The van der Waals surface area contributed by atoms with Crippen LogP contribution in [0.1, 0.15) is 13.3 Å². The predicted molar refractivity (Wildman–Crippen MR) is 69.2 cm³/mol. The van der Waals surface area contributed by atoms with Crippen LogP contribution in [0, 0.1) is 0 Å². The number of nitrogens with one attached hydrogen (secondary N) is 2. The van der Waals surface area contributed by atoms with Crippen molar-refractivity contribution in [3.05, 3.63) is 0 Å². The molecule has 108 valence electrons. The average molecular weight is 289 g/mol. The third-order valence-electron chi connectivity index (χ3n) is 3.58. The van der Waals surface area contributed by atoms with Crippen LogP contribution in [0.15, 0.2) is 0 Å². The summed E-state index contributed by atoms with van der Waals surface area (Å²) < 4.78 is 23.0. The molecule has 19 heavy (non-hydrogen) atoms. The first-order chi connectivity index (χ1) is 8.93. The van der Waals surface area contributed by atoms with E-state index in [2.05, 4.69) is 10.6 Å². The molecule has 0 radical (unpaired) electrons. The van der Waals surface area contributed by atoms with Gasteiger partial charge in [0.25, 0.3) is 0 Å². The first-order valence-corrected chi connectivity index (χ1v) is 8.26. The molecule has 2 unspecified atom stereocenters. The van der Waals surface area contributed by atoms with Gasteiger partial charge in [-0.05, 0) is 13.3 Å². The molecule has 2 atom stereocenters. The van der Waals surface area contributed by atoms with Gasteiger partial charge in [0, 0.05) is 19.1 Å². The number of hydrogen-bond donors (Lipinski definition) is 2. The summed E-state index contributed by atoms with van der Waals surface area (Å²) in [5, 5.41) is 5.51. The second-order valence-corrected chi connectivity index (χ2v) is 7.15. The van der Waals surface area contributed by atoms with Crippen molar-refractivity contribution < 1.29 is 18.0 Å². The zero-order valence-corrected chi connectivity index (χ0v) is 11.7. The largest absolute Gasteiger partial charge is 0.353 e. The third-order valence-corrected chi connectivity index (χ3v) is 5.33. The van der Waals surface area contributed by atoms with Crippen molar-refractivity contribution in [2.75, 3.05) is 31.1 Å². The summed E-state index contributed by atoms with van der Waals surface area (Å²) in [6.07, 6.45) is 0.501. The Morgan fingerprint density at radius 2 is 2.21 bits per heavy atom. The molecule has 0 aliphatic carbocycles. The maximum Gasteiger partial charge on any atom is 0.241 e. The Hall–Kier alpha value is -1.15. The summed E-state index contributed by atoms with van der Waals surface area (Å²) in [7, 11) is -3.01. The molecule has 8 heteroatoms. The minimum Gasteiger partial charge on any atom is -0.353 e. The minimum atomic E-state index is -3.01. The van der Waals surface area contributed by atoms with Gasteiger partial charge in [-0.3, -0.25) is 14.9 Å². The summed E-state index contributed by atoms with van der Waals surface area (Å²) in [6.45, 7) is 2.69. The normalized spacial score (nSPS) is 29.8. The SMILES string of the molecule is CCN(C(=O)C1CNC(=O)CN1)C1CCS(=O)(=O)C1. The van der Waals surface area contributed by atoms with E-state index in [9.17, 15) is 18.0 Å². The molecule has 0 bridgehead atoms. The van der Waals surface area contributed by atoms with Gasteiger partial charge < -0.3 is 10.2 Å². The highest BCUT2D eigenvalue weighted by atomic mass is 32.2. The van der Waals surface area contributed by atoms with Gasteiger partial charge in [0.1, 0.15) is 6.04 Å². The van der Waals surface area contributed by atoms with E-state index in [1.54, 1.807) is 4.90 Å². The molecule has 0 aromatic heterocycles. The van der Waals surface area contributed by atoms with Crippen LogP contribution < -0.4 is 10.6 Å². The lowest BCUT2D eigenvalue weighted by Crippen LogP contribution is -2.60. The van der Waals surface area contributed by atoms with Crippen LogP contribution in [0.4, 0.5) is 0 Å². The van der Waals surface area contributed by atoms with Gasteiger partial charge in [0.2, 0.25) is 11.8 Å². The molecule has 2 fully saturated rings. The van der Waals surface area contributed by atoms with Gasteiger partial charge in [-0.15, -0.1) is 0 Å². The molecular weight excluding hydrogens is 270 g/mol. The van der Waals surface area contributed by atoms with Crippen LogP contribution in [0.5, 0.6) is 0 Å². The monoisotopic (exact) mass is 289 g/mol. The zero-order chi connectivity index (χ0) is 14.0. The quantitative estimate of drug-likeness (QED) is 0.633. The molecule has 2 amide bonds. The van der Waals surface area contributed by atoms with E-state index in [1.165, 1.54) is 0 Å². The molecule has 7 nitrogen and oxygen atoms in total. The molecule has 2 aliphatic heterocycles. The van der Waals surface area contributed by atoms with Gasteiger partial charge >= 0.3 is 0 Å². The van der Waals surface area contributed by atoms with E-state index in [0.717, 1.165) is 0 Å². The summed E-state index contributed by atoms with van der Waals surface area (Å²) in [4.78, 5) is 25.0. The van der Waals surface area contributed by atoms with Crippen LogP contribution >= 0.6 is 0 Å². The van der Waals surface area contributed by atoms with Crippen molar-refractivity contribution in [2.24, 2.45) is 0 Å². The topological polar surface area (TPSA) is 95.6 Å². The number of carbonyl (C=O) groups is 2. The van der Waals surface area contributed by atoms with Gasteiger partial charge in [0.05, 0.1) is 18.1 Å². The van der Waals surface area contributed by atoms with Crippen LogP contribution in [0.2, 0.25) is 0 Å². The van der Waals surface area contributed by atoms with Crippen molar-refractivity contribution >= 4 is 21.7 Å². The molecular formula is C11H19N3O4S. The number of sulfone groups is 1. The Kier molecular flexibility index (Phi) is 4.10. The summed E-state index contributed by atoms with van der Waals surface area (Å²) >= 11 is 0. The van der Waals surface area contributed by atoms with Crippen LogP contribution in [-0.4, -0.2) is 68.4 Å². The van der Waals surface area contributed by atoms with Gasteiger partial charge in [-0.1, -0.05) is 0 Å². The maximum atomic E-state index is 12.4. The van der Waals surface area contributed by atoms with Gasteiger partial charge in [-0.2, -0.15) is 0 Å². The Labute approximate surface area is 112 Å². The van der Waals surface area contributed by atoms with E-state index in [4.69, 9.17) is 0 Å². The van der Waals surface area contributed by atoms with E-state index >= 15 is 0 Å². The number of likely N-dealkylation sites (N-methyl/N-ethyl adjacent to an activating group) is 1. The number of nitrogens with zero attached hydrogens (tertiary/aromatic N) is 1. The Bertz CT molecular complexity index is 466. The molecule has 0 saturated carbocycles. The number of hydrogen-bond acceptors (Lipinski definition) is 5. The van der Waals surface area contributed by atoms with Crippen LogP contribution in [0.3, 0.4) is 0 Å². The molecule has 0 aromatic rings. The molecule has 0 spiro atoms. The number of rotatable bonds is 3. The molecule has 2 N–H and O–H groups in total.